The molecule has 0 amide bonds. The van der Waals surface area contributed by atoms with Crippen molar-refractivity contribution in [2.75, 3.05) is 6.61 Å². The van der Waals surface area contributed by atoms with Crippen molar-refractivity contribution in [3.8, 4) is 0 Å². The third-order valence-corrected chi connectivity index (χ3v) is 3.40. The molecule has 2 aromatic heterocycles. The summed E-state index contributed by atoms with van der Waals surface area (Å²) in [6, 6.07) is 0. The number of hydrogen-bond donors (Lipinski definition) is 0. The van der Waals surface area contributed by atoms with Crippen LogP contribution in [0.1, 0.15) is 35.6 Å². The first-order valence-corrected chi connectivity index (χ1v) is 6.86. The van der Waals surface area contributed by atoms with E-state index < -0.39 is 0 Å². The van der Waals surface area contributed by atoms with Gasteiger partial charge in [-0.25, -0.2) is 4.79 Å². The first-order chi connectivity index (χ1) is 9.56. The maximum atomic E-state index is 11.6. The summed E-state index contributed by atoms with van der Waals surface area (Å²) in [4.78, 5) is 11.6. The lowest BCUT2D eigenvalue weighted by atomic mass is 10.3. The summed E-state index contributed by atoms with van der Waals surface area (Å²) in [5.41, 5.74) is 2.11. The van der Waals surface area contributed by atoms with Gasteiger partial charge in [0.05, 0.1) is 41.3 Å². The van der Waals surface area contributed by atoms with E-state index in [2.05, 4.69) is 10.2 Å². The fraction of sp³-hybridized carbons (Fsp3) is 0.462. The van der Waals surface area contributed by atoms with Gasteiger partial charge in [-0.15, -0.1) is 0 Å². The highest BCUT2D eigenvalue weighted by Crippen LogP contribution is 2.21. The number of rotatable bonds is 5. The molecule has 0 saturated carbocycles. The number of carbonyl (C=O) groups excluding carboxylic acids is 1. The molecule has 0 bridgehead atoms. The first-order valence-electron chi connectivity index (χ1n) is 6.48. The number of aryl methyl sites for hydroxylation is 2. The maximum absolute atomic E-state index is 11.6. The van der Waals surface area contributed by atoms with Crippen LogP contribution in [0, 0.1) is 6.92 Å². The molecule has 0 spiro atoms. The Hall–Kier alpha value is -1.82. The normalized spacial score (nSPS) is 10.8. The van der Waals surface area contributed by atoms with Crippen molar-refractivity contribution in [1.29, 1.82) is 0 Å². The number of halogens is 1. The molecule has 0 aliphatic rings. The van der Waals surface area contributed by atoms with Crippen LogP contribution < -0.4 is 0 Å². The fourth-order valence-corrected chi connectivity index (χ4v) is 2.14. The highest BCUT2D eigenvalue weighted by atomic mass is 35.5. The lowest BCUT2D eigenvalue weighted by molar-refractivity contribution is 0.0526. The Morgan fingerprint density at radius 3 is 2.85 bits per heavy atom. The molecule has 2 rings (SSSR count). The van der Waals surface area contributed by atoms with Gasteiger partial charge in [0.2, 0.25) is 0 Å². The quantitative estimate of drug-likeness (QED) is 0.794. The smallest absolute Gasteiger partial charge is 0.341 e. The second-order valence-electron chi connectivity index (χ2n) is 4.31. The molecule has 0 fully saturated rings. The van der Waals surface area contributed by atoms with Crippen molar-refractivity contribution in [3.05, 3.63) is 34.4 Å². The van der Waals surface area contributed by atoms with E-state index in [-0.39, 0.29) is 5.97 Å². The summed E-state index contributed by atoms with van der Waals surface area (Å²) < 4.78 is 8.42. The first kappa shape index (κ1) is 14.6. The number of nitrogens with zero attached hydrogens (tertiary/aromatic N) is 4. The molecule has 0 N–H and O–H groups in total. The summed E-state index contributed by atoms with van der Waals surface area (Å²) in [5.74, 6) is -0.370. The summed E-state index contributed by atoms with van der Waals surface area (Å²) in [5, 5.41) is 9.14. The number of ether oxygens (including phenoxy) is 1. The number of carbonyl (C=O) groups is 1. The molecule has 0 aromatic carbocycles. The third-order valence-electron chi connectivity index (χ3n) is 2.91. The van der Waals surface area contributed by atoms with E-state index in [1.54, 1.807) is 17.8 Å². The van der Waals surface area contributed by atoms with Crippen molar-refractivity contribution in [2.24, 2.45) is 0 Å². The molecule has 6 nitrogen and oxygen atoms in total. The molecule has 20 heavy (non-hydrogen) atoms. The average molecular weight is 297 g/mol. The van der Waals surface area contributed by atoms with E-state index in [0.29, 0.717) is 23.7 Å². The SMILES string of the molecule is CCOC(=O)c1cnn(Cc2c(Cl)c(C)nn2CC)c1. The summed E-state index contributed by atoms with van der Waals surface area (Å²) in [7, 11) is 0. The molecule has 0 aliphatic carbocycles. The zero-order chi connectivity index (χ0) is 14.7. The van der Waals surface area contributed by atoms with Crippen LogP contribution in [0.4, 0.5) is 0 Å². The second-order valence-corrected chi connectivity index (χ2v) is 4.69. The van der Waals surface area contributed by atoms with Gasteiger partial charge in [0.25, 0.3) is 0 Å². The van der Waals surface area contributed by atoms with Crippen LogP contribution in [0.25, 0.3) is 0 Å². The Morgan fingerprint density at radius 2 is 2.20 bits per heavy atom. The minimum atomic E-state index is -0.370. The van der Waals surface area contributed by atoms with Crippen LogP contribution in [-0.4, -0.2) is 32.1 Å². The zero-order valence-corrected chi connectivity index (χ0v) is 12.5. The van der Waals surface area contributed by atoms with Gasteiger partial charge in [0.1, 0.15) is 0 Å². The standard InChI is InChI=1S/C13H17ClN4O2/c1-4-18-11(12(14)9(3)16-18)8-17-7-10(6-15-17)13(19)20-5-2/h6-7H,4-5,8H2,1-3H3. The Kier molecular flexibility index (Phi) is 4.44. The van der Waals surface area contributed by atoms with Crippen LogP contribution in [0.5, 0.6) is 0 Å². The zero-order valence-electron chi connectivity index (χ0n) is 11.8. The highest BCUT2D eigenvalue weighted by Gasteiger charge is 2.15. The van der Waals surface area contributed by atoms with Gasteiger partial charge in [-0.2, -0.15) is 10.2 Å². The molecule has 2 aromatic rings. The van der Waals surface area contributed by atoms with Crippen LogP contribution >= 0.6 is 11.6 Å². The number of aromatic nitrogens is 4. The molecule has 0 atom stereocenters. The lowest BCUT2D eigenvalue weighted by Crippen LogP contribution is -2.09. The van der Waals surface area contributed by atoms with E-state index in [0.717, 1.165) is 17.9 Å². The van der Waals surface area contributed by atoms with Crippen molar-refractivity contribution in [2.45, 2.75) is 33.9 Å². The monoisotopic (exact) mass is 296 g/mol. The summed E-state index contributed by atoms with van der Waals surface area (Å²) in [6.45, 7) is 7.18. The molecule has 0 saturated heterocycles. The van der Waals surface area contributed by atoms with Gasteiger partial charge in [-0.05, 0) is 20.8 Å². The van der Waals surface area contributed by atoms with Gasteiger partial charge in [-0.1, -0.05) is 11.6 Å². The lowest BCUT2D eigenvalue weighted by Gasteiger charge is -2.05. The van der Waals surface area contributed by atoms with E-state index >= 15 is 0 Å². The van der Waals surface area contributed by atoms with Gasteiger partial charge >= 0.3 is 5.97 Å². The van der Waals surface area contributed by atoms with Crippen molar-refractivity contribution in [3.63, 3.8) is 0 Å². The van der Waals surface area contributed by atoms with Crippen molar-refractivity contribution >= 4 is 17.6 Å². The van der Waals surface area contributed by atoms with Crippen LogP contribution in [0.2, 0.25) is 5.02 Å². The maximum Gasteiger partial charge on any atom is 0.341 e. The number of esters is 1. The van der Waals surface area contributed by atoms with E-state index in [9.17, 15) is 4.79 Å². The Morgan fingerprint density at radius 1 is 1.45 bits per heavy atom. The molecule has 0 aliphatic heterocycles. The predicted octanol–water partition coefficient (Wildman–Crippen LogP) is 2.29. The average Bonchev–Trinajstić information content (AvgIpc) is 2.99. The van der Waals surface area contributed by atoms with Crippen molar-refractivity contribution in [1.82, 2.24) is 19.6 Å². The minimum Gasteiger partial charge on any atom is -0.462 e. The molecular formula is C13H17ClN4O2. The Labute approximate surface area is 122 Å². The molecule has 0 unspecified atom stereocenters. The fourth-order valence-electron chi connectivity index (χ4n) is 1.94. The van der Waals surface area contributed by atoms with Gasteiger partial charge in [0.15, 0.2) is 0 Å². The van der Waals surface area contributed by atoms with Gasteiger partial charge in [-0.3, -0.25) is 9.36 Å². The van der Waals surface area contributed by atoms with E-state index in [1.165, 1.54) is 6.20 Å². The largest absolute Gasteiger partial charge is 0.462 e. The topological polar surface area (TPSA) is 61.9 Å². The molecule has 0 radical (unpaired) electrons. The Bertz CT molecular complexity index is 618. The van der Waals surface area contributed by atoms with E-state index in [4.69, 9.17) is 16.3 Å². The predicted molar refractivity (Wildman–Crippen MR) is 74.9 cm³/mol. The molecule has 108 valence electrons. The molecule has 2 heterocycles. The highest BCUT2D eigenvalue weighted by molar-refractivity contribution is 6.31. The van der Waals surface area contributed by atoms with Crippen LogP contribution in [-0.2, 0) is 17.8 Å². The summed E-state index contributed by atoms with van der Waals surface area (Å²) >= 11 is 6.25. The summed E-state index contributed by atoms with van der Waals surface area (Å²) in [6.07, 6.45) is 3.14. The van der Waals surface area contributed by atoms with Gasteiger partial charge < -0.3 is 4.74 Å². The van der Waals surface area contributed by atoms with Crippen LogP contribution in [0.3, 0.4) is 0 Å². The van der Waals surface area contributed by atoms with Crippen molar-refractivity contribution < 1.29 is 9.53 Å². The second kappa shape index (κ2) is 6.09. The minimum absolute atomic E-state index is 0.345. The molecule has 7 heteroatoms. The Balaban J connectivity index is 2.21. The van der Waals surface area contributed by atoms with Gasteiger partial charge in [0, 0.05) is 12.7 Å². The van der Waals surface area contributed by atoms with E-state index in [1.807, 2.05) is 18.5 Å². The molecular weight excluding hydrogens is 280 g/mol. The van der Waals surface area contributed by atoms with Crippen LogP contribution in [0.15, 0.2) is 12.4 Å². The number of hydrogen-bond acceptors (Lipinski definition) is 4. The third kappa shape index (κ3) is 2.85.